The van der Waals surface area contributed by atoms with Gasteiger partial charge >= 0.3 is 0 Å². The number of ether oxygens (including phenoxy) is 1. The number of benzene rings is 3. The Kier molecular flexibility index (Phi) is 8.04. The van der Waals surface area contributed by atoms with Gasteiger partial charge in [0.05, 0.1) is 18.4 Å². The summed E-state index contributed by atoms with van der Waals surface area (Å²) in [6.07, 6.45) is 0.260. The number of hydrogen-bond donors (Lipinski definition) is 3. The normalized spacial score (nSPS) is 10.8. The lowest BCUT2D eigenvalue weighted by Gasteiger charge is -2.11. The Morgan fingerprint density at radius 2 is 1.55 bits per heavy atom. The fourth-order valence-corrected chi connectivity index (χ4v) is 4.11. The molecule has 0 unspecified atom stereocenters. The highest BCUT2D eigenvalue weighted by Gasteiger charge is 2.16. The molecule has 8 nitrogen and oxygen atoms in total. The van der Waals surface area contributed by atoms with Gasteiger partial charge in [0.1, 0.15) is 5.75 Å². The van der Waals surface area contributed by atoms with E-state index in [-0.39, 0.29) is 35.9 Å². The number of methoxy groups -OCH3 is 1. The number of sulfonamides is 1. The molecule has 0 fully saturated rings. The van der Waals surface area contributed by atoms with Crippen LogP contribution < -0.4 is 20.1 Å². The second-order valence-electron chi connectivity index (χ2n) is 7.13. The third kappa shape index (κ3) is 7.08. The van der Waals surface area contributed by atoms with E-state index in [0.717, 1.165) is 5.56 Å². The second-order valence-corrected chi connectivity index (χ2v) is 8.81. The van der Waals surface area contributed by atoms with Crippen molar-refractivity contribution in [2.45, 2.75) is 11.3 Å². The molecule has 172 valence electrons. The van der Waals surface area contributed by atoms with Crippen LogP contribution in [0.1, 0.15) is 15.9 Å². The predicted molar refractivity (Wildman–Crippen MR) is 126 cm³/mol. The largest absolute Gasteiger partial charge is 0.497 e. The Bertz CT molecular complexity index is 1200. The molecule has 0 spiro atoms. The molecule has 0 atom stereocenters. The number of amides is 2. The highest BCUT2D eigenvalue weighted by molar-refractivity contribution is 7.92. The summed E-state index contributed by atoms with van der Waals surface area (Å²) in [5.41, 5.74) is 1.47. The van der Waals surface area contributed by atoms with E-state index in [1.165, 1.54) is 31.4 Å². The van der Waals surface area contributed by atoms with Gasteiger partial charge in [-0.1, -0.05) is 36.4 Å². The lowest BCUT2D eigenvalue weighted by molar-refractivity contribution is -0.120. The van der Waals surface area contributed by atoms with Gasteiger partial charge in [0.15, 0.2) is 0 Å². The summed E-state index contributed by atoms with van der Waals surface area (Å²) in [5.74, 6) is 0.0230. The molecule has 0 bridgehead atoms. The van der Waals surface area contributed by atoms with Gasteiger partial charge in [0.2, 0.25) is 5.91 Å². The van der Waals surface area contributed by atoms with Crippen LogP contribution in [0.3, 0.4) is 0 Å². The van der Waals surface area contributed by atoms with Crippen molar-refractivity contribution in [1.29, 1.82) is 0 Å². The number of hydrogen-bond acceptors (Lipinski definition) is 5. The molecule has 0 radical (unpaired) electrons. The molecule has 0 saturated carbocycles. The summed E-state index contributed by atoms with van der Waals surface area (Å²) >= 11 is 0. The van der Waals surface area contributed by atoms with Crippen LogP contribution >= 0.6 is 0 Å². The fourth-order valence-electron chi connectivity index (χ4n) is 3.00. The molecule has 3 rings (SSSR count). The topological polar surface area (TPSA) is 114 Å². The van der Waals surface area contributed by atoms with Gasteiger partial charge in [-0.3, -0.25) is 14.3 Å². The number of anilines is 1. The molecule has 9 heteroatoms. The summed E-state index contributed by atoms with van der Waals surface area (Å²) in [7, 11) is -2.36. The van der Waals surface area contributed by atoms with Crippen LogP contribution in [0.15, 0.2) is 83.8 Å². The first kappa shape index (κ1) is 23.8. The van der Waals surface area contributed by atoms with Gasteiger partial charge in [0.25, 0.3) is 15.9 Å². The van der Waals surface area contributed by atoms with Gasteiger partial charge in [-0.05, 0) is 48.0 Å². The van der Waals surface area contributed by atoms with Crippen molar-refractivity contribution in [2.24, 2.45) is 0 Å². The van der Waals surface area contributed by atoms with E-state index in [1.54, 1.807) is 24.3 Å². The molecule has 0 heterocycles. The molecular weight excluding hydrogens is 442 g/mol. The third-order valence-electron chi connectivity index (χ3n) is 4.69. The minimum atomic E-state index is -3.88. The van der Waals surface area contributed by atoms with Gasteiger partial charge in [-0.15, -0.1) is 0 Å². The Labute approximate surface area is 193 Å². The van der Waals surface area contributed by atoms with Crippen molar-refractivity contribution >= 4 is 27.5 Å². The van der Waals surface area contributed by atoms with Crippen LogP contribution in [0.5, 0.6) is 5.75 Å². The maximum atomic E-state index is 12.7. The average Bonchev–Trinajstić information content (AvgIpc) is 2.82. The van der Waals surface area contributed by atoms with E-state index in [0.29, 0.717) is 11.4 Å². The Morgan fingerprint density at radius 3 is 2.24 bits per heavy atom. The smallest absolute Gasteiger partial charge is 0.261 e. The maximum Gasteiger partial charge on any atom is 0.261 e. The molecule has 3 N–H and O–H groups in total. The standard InChI is InChI=1S/C24H25N3O5S/c1-32-21-12-10-20(11-13-21)27-33(30,31)22-9-5-8-19(17-22)24(29)26-15-14-25-23(28)16-18-6-3-2-4-7-18/h2-13,17,27H,14-16H2,1H3,(H,25,28)(H,26,29). The Hall–Kier alpha value is -3.85. The first-order chi connectivity index (χ1) is 15.9. The zero-order valence-electron chi connectivity index (χ0n) is 18.1. The van der Waals surface area contributed by atoms with Crippen LogP contribution in [-0.2, 0) is 21.2 Å². The lowest BCUT2D eigenvalue weighted by atomic mass is 10.1. The number of rotatable bonds is 10. The zero-order chi connectivity index (χ0) is 23.7. The molecule has 0 aliphatic carbocycles. The van der Waals surface area contributed by atoms with E-state index in [4.69, 9.17) is 4.74 Å². The molecule has 33 heavy (non-hydrogen) atoms. The monoisotopic (exact) mass is 467 g/mol. The zero-order valence-corrected chi connectivity index (χ0v) is 18.9. The summed E-state index contributed by atoms with van der Waals surface area (Å²) in [6.45, 7) is 0.467. The third-order valence-corrected chi connectivity index (χ3v) is 6.07. The summed E-state index contributed by atoms with van der Waals surface area (Å²) in [5, 5.41) is 5.42. The maximum absolute atomic E-state index is 12.7. The fraction of sp³-hybridized carbons (Fsp3) is 0.167. The number of carbonyl (C=O) groups is 2. The summed E-state index contributed by atoms with van der Waals surface area (Å²) in [4.78, 5) is 24.4. The van der Waals surface area contributed by atoms with Crippen LogP contribution in [0, 0.1) is 0 Å². The highest BCUT2D eigenvalue weighted by Crippen LogP contribution is 2.20. The van der Waals surface area contributed by atoms with Crippen molar-refractivity contribution < 1.29 is 22.7 Å². The Balaban J connectivity index is 1.52. The minimum absolute atomic E-state index is 0.0397. The molecule has 0 aliphatic rings. The van der Waals surface area contributed by atoms with E-state index < -0.39 is 15.9 Å². The summed E-state index contributed by atoms with van der Waals surface area (Å²) < 4.78 is 32.9. The van der Waals surface area contributed by atoms with Crippen LogP contribution in [0.2, 0.25) is 0 Å². The van der Waals surface area contributed by atoms with Gasteiger partial charge in [-0.2, -0.15) is 0 Å². The first-order valence-electron chi connectivity index (χ1n) is 10.2. The van der Waals surface area contributed by atoms with Crippen molar-refractivity contribution in [3.8, 4) is 5.75 Å². The number of nitrogens with one attached hydrogen (secondary N) is 3. The molecule has 0 aliphatic heterocycles. The van der Waals surface area contributed by atoms with Gasteiger partial charge < -0.3 is 15.4 Å². The van der Waals surface area contributed by atoms with Gasteiger partial charge in [-0.25, -0.2) is 8.42 Å². The summed E-state index contributed by atoms with van der Waals surface area (Å²) in [6, 6.07) is 21.5. The van der Waals surface area contributed by atoms with Crippen molar-refractivity contribution in [3.63, 3.8) is 0 Å². The lowest BCUT2D eigenvalue weighted by Crippen LogP contribution is -2.35. The molecular formula is C24H25N3O5S. The van der Waals surface area contributed by atoms with Crippen molar-refractivity contribution in [2.75, 3.05) is 24.9 Å². The van der Waals surface area contributed by atoms with E-state index in [9.17, 15) is 18.0 Å². The number of carbonyl (C=O) groups excluding carboxylic acids is 2. The molecule has 0 aromatic heterocycles. The van der Waals surface area contributed by atoms with Crippen molar-refractivity contribution in [1.82, 2.24) is 10.6 Å². The second kappa shape index (κ2) is 11.1. The van der Waals surface area contributed by atoms with E-state index >= 15 is 0 Å². The molecule has 2 amide bonds. The van der Waals surface area contributed by atoms with Crippen molar-refractivity contribution in [3.05, 3.63) is 90.0 Å². The molecule has 3 aromatic rings. The SMILES string of the molecule is COc1ccc(NS(=O)(=O)c2cccc(C(=O)NCCNC(=O)Cc3ccccc3)c2)cc1. The van der Waals surface area contributed by atoms with Crippen LogP contribution in [0.25, 0.3) is 0 Å². The average molecular weight is 468 g/mol. The highest BCUT2D eigenvalue weighted by atomic mass is 32.2. The van der Waals surface area contributed by atoms with Crippen LogP contribution in [-0.4, -0.2) is 40.4 Å². The van der Waals surface area contributed by atoms with E-state index in [2.05, 4.69) is 15.4 Å². The molecule has 3 aromatic carbocycles. The predicted octanol–water partition coefficient (Wildman–Crippen LogP) is 2.58. The quantitative estimate of drug-likeness (QED) is 0.397. The first-order valence-corrected chi connectivity index (χ1v) is 11.7. The van der Waals surface area contributed by atoms with Gasteiger partial charge in [0, 0.05) is 24.3 Å². The molecule has 0 saturated heterocycles. The van der Waals surface area contributed by atoms with E-state index in [1.807, 2.05) is 30.3 Å². The minimum Gasteiger partial charge on any atom is -0.497 e. The Morgan fingerprint density at radius 1 is 0.848 bits per heavy atom. The van der Waals surface area contributed by atoms with Crippen LogP contribution in [0.4, 0.5) is 5.69 Å².